The number of benzene rings is 5. The van der Waals surface area contributed by atoms with Gasteiger partial charge in [0.25, 0.3) is 5.91 Å². The number of fused-ring (bicyclic) bond motifs is 4. The van der Waals surface area contributed by atoms with E-state index in [1.807, 2.05) is 42.5 Å². The van der Waals surface area contributed by atoms with Crippen LogP contribution in [-0.4, -0.2) is 27.0 Å². The molecule has 0 radical (unpaired) electrons. The van der Waals surface area contributed by atoms with Gasteiger partial charge >= 0.3 is 0 Å². The average Bonchev–Trinajstić information content (AvgIpc) is 3.18. The minimum absolute atomic E-state index is 0.125. The molecule has 0 spiro atoms. The van der Waals surface area contributed by atoms with Gasteiger partial charge in [-0.25, -0.2) is 0 Å². The molecule has 0 unspecified atom stereocenters. The molecule has 1 amide bonds. The van der Waals surface area contributed by atoms with Crippen LogP contribution in [0.3, 0.4) is 0 Å². The quantitative estimate of drug-likeness (QED) is 0.233. The number of carbonyl (C=O) groups excluding carboxylic acids is 2. The first-order chi connectivity index (χ1) is 17.4. The second-order valence-electron chi connectivity index (χ2n) is 8.63. The zero-order valence-corrected chi connectivity index (χ0v) is 18.8. The highest BCUT2D eigenvalue weighted by Gasteiger charge is 2.27. The van der Waals surface area contributed by atoms with Crippen molar-refractivity contribution in [3.63, 3.8) is 0 Å². The number of carbonyl (C=O) groups is 2. The van der Waals surface area contributed by atoms with Gasteiger partial charge in [-0.05, 0) is 45.7 Å². The van der Waals surface area contributed by atoms with E-state index in [-0.39, 0.29) is 16.9 Å². The monoisotopic (exact) mass is 473 g/mol. The van der Waals surface area contributed by atoms with E-state index in [4.69, 9.17) is 0 Å². The predicted molar refractivity (Wildman–Crippen MR) is 138 cm³/mol. The molecule has 0 aromatic heterocycles. The van der Waals surface area contributed by atoms with Crippen LogP contribution >= 0.6 is 0 Å². The number of rotatable bonds is 3. The lowest BCUT2D eigenvalue weighted by molar-refractivity contribution is 0.101. The molecule has 36 heavy (non-hydrogen) atoms. The SMILES string of the molecule is O=C1c2ccccc2-c2ccc(NC(=O)c3cc(-c4cccc5ccccc45)c(O)c(O)c3O)cc21. The molecule has 0 fully saturated rings. The molecule has 0 saturated heterocycles. The van der Waals surface area contributed by atoms with Crippen LogP contribution < -0.4 is 5.32 Å². The van der Waals surface area contributed by atoms with E-state index in [0.717, 1.165) is 21.9 Å². The van der Waals surface area contributed by atoms with Crippen molar-refractivity contribution in [1.29, 1.82) is 0 Å². The Balaban J connectivity index is 1.40. The van der Waals surface area contributed by atoms with Crippen molar-refractivity contribution in [2.75, 3.05) is 5.32 Å². The Morgan fingerprint density at radius 3 is 2.08 bits per heavy atom. The van der Waals surface area contributed by atoms with Gasteiger partial charge in [0.1, 0.15) is 0 Å². The Morgan fingerprint density at radius 2 is 1.25 bits per heavy atom. The normalized spacial score (nSPS) is 11.8. The first kappa shape index (κ1) is 21.4. The summed E-state index contributed by atoms with van der Waals surface area (Å²) in [6, 6.07) is 26.7. The van der Waals surface area contributed by atoms with E-state index in [0.29, 0.717) is 22.4 Å². The Morgan fingerprint density at radius 1 is 0.583 bits per heavy atom. The number of nitrogens with one attached hydrogen (secondary N) is 1. The number of amides is 1. The van der Waals surface area contributed by atoms with Gasteiger partial charge in [-0.1, -0.05) is 72.8 Å². The number of hydrogen-bond acceptors (Lipinski definition) is 5. The molecule has 6 rings (SSSR count). The van der Waals surface area contributed by atoms with Crippen LogP contribution in [0.5, 0.6) is 17.2 Å². The van der Waals surface area contributed by atoms with E-state index in [9.17, 15) is 24.9 Å². The molecular formula is C30H19NO5. The third kappa shape index (κ3) is 3.20. The average molecular weight is 473 g/mol. The van der Waals surface area contributed by atoms with Crippen LogP contribution in [0.25, 0.3) is 33.0 Å². The van der Waals surface area contributed by atoms with Crippen LogP contribution in [-0.2, 0) is 0 Å². The van der Waals surface area contributed by atoms with Crippen LogP contribution in [0, 0.1) is 0 Å². The van der Waals surface area contributed by atoms with Crippen LogP contribution in [0.15, 0.2) is 91.0 Å². The highest BCUT2D eigenvalue weighted by atomic mass is 16.3. The number of aromatic hydroxyl groups is 3. The molecular weight excluding hydrogens is 454 g/mol. The van der Waals surface area contributed by atoms with Gasteiger partial charge in [0.15, 0.2) is 17.3 Å². The van der Waals surface area contributed by atoms with Crippen LogP contribution in [0.2, 0.25) is 0 Å². The molecule has 4 N–H and O–H groups in total. The summed E-state index contributed by atoms with van der Waals surface area (Å²) in [5.41, 5.74) is 3.65. The largest absolute Gasteiger partial charge is 0.504 e. The summed E-state index contributed by atoms with van der Waals surface area (Å²) in [6.07, 6.45) is 0. The zero-order chi connectivity index (χ0) is 25.0. The van der Waals surface area contributed by atoms with Gasteiger partial charge in [-0.15, -0.1) is 0 Å². The van der Waals surface area contributed by atoms with Crippen molar-refractivity contribution < 1.29 is 24.9 Å². The molecule has 0 aliphatic heterocycles. The van der Waals surface area contributed by atoms with E-state index in [1.165, 1.54) is 6.07 Å². The number of phenolic OH excluding ortho intramolecular Hbond substituents is 3. The van der Waals surface area contributed by atoms with Gasteiger partial charge < -0.3 is 20.6 Å². The lowest BCUT2D eigenvalue weighted by Crippen LogP contribution is -2.13. The minimum Gasteiger partial charge on any atom is -0.504 e. The second kappa shape index (κ2) is 7.99. The lowest BCUT2D eigenvalue weighted by atomic mass is 9.95. The van der Waals surface area contributed by atoms with E-state index < -0.39 is 23.2 Å². The topological polar surface area (TPSA) is 107 Å². The Hall–Kier alpha value is -5.10. The molecule has 0 bridgehead atoms. The van der Waals surface area contributed by atoms with Crippen molar-refractivity contribution in [2.45, 2.75) is 0 Å². The fourth-order valence-electron chi connectivity index (χ4n) is 4.79. The molecule has 5 aromatic carbocycles. The number of ketones is 1. The zero-order valence-electron chi connectivity index (χ0n) is 18.8. The van der Waals surface area contributed by atoms with Crippen LogP contribution in [0.1, 0.15) is 26.3 Å². The summed E-state index contributed by atoms with van der Waals surface area (Å²) in [5, 5.41) is 36.0. The van der Waals surface area contributed by atoms with Crippen molar-refractivity contribution >= 4 is 28.2 Å². The smallest absolute Gasteiger partial charge is 0.259 e. The summed E-state index contributed by atoms with van der Waals surface area (Å²) in [7, 11) is 0. The fourth-order valence-corrected chi connectivity index (χ4v) is 4.79. The van der Waals surface area contributed by atoms with Gasteiger partial charge in [0.2, 0.25) is 5.75 Å². The van der Waals surface area contributed by atoms with E-state index >= 15 is 0 Å². The summed E-state index contributed by atoms with van der Waals surface area (Å²) in [6.45, 7) is 0. The second-order valence-corrected chi connectivity index (χ2v) is 8.63. The number of phenols is 3. The molecule has 0 heterocycles. The van der Waals surface area contributed by atoms with Crippen molar-refractivity contribution in [3.05, 3.63) is 108 Å². The van der Waals surface area contributed by atoms with Gasteiger partial charge in [-0.3, -0.25) is 9.59 Å². The fraction of sp³-hybridized carbons (Fsp3) is 0. The predicted octanol–water partition coefficient (Wildman–Crippen LogP) is 6.09. The third-order valence-corrected chi connectivity index (χ3v) is 6.56. The maximum Gasteiger partial charge on any atom is 0.259 e. The summed E-state index contributed by atoms with van der Waals surface area (Å²) >= 11 is 0. The highest BCUT2D eigenvalue weighted by molar-refractivity contribution is 6.22. The molecule has 5 aromatic rings. The molecule has 0 atom stereocenters. The number of anilines is 1. The van der Waals surface area contributed by atoms with E-state index in [2.05, 4.69) is 5.32 Å². The van der Waals surface area contributed by atoms with Gasteiger partial charge in [0, 0.05) is 22.4 Å². The summed E-state index contributed by atoms with van der Waals surface area (Å²) in [5.74, 6) is -2.88. The van der Waals surface area contributed by atoms with Crippen molar-refractivity contribution in [2.24, 2.45) is 0 Å². The summed E-state index contributed by atoms with van der Waals surface area (Å²) in [4.78, 5) is 26.0. The Labute approximate surface area is 205 Å². The van der Waals surface area contributed by atoms with Gasteiger partial charge in [0.05, 0.1) is 5.56 Å². The molecule has 174 valence electrons. The first-order valence-electron chi connectivity index (χ1n) is 11.3. The lowest BCUT2D eigenvalue weighted by Gasteiger charge is -2.15. The molecule has 1 aliphatic carbocycles. The maximum atomic E-state index is 13.2. The maximum absolute atomic E-state index is 13.2. The van der Waals surface area contributed by atoms with Crippen molar-refractivity contribution in [3.8, 4) is 39.5 Å². The molecule has 6 heteroatoms. The third-order valence-electron chi connectivity index (χ3n) is 6.56. The molecule has 0 saturated carbocycles. The van der Waals surface area contributed by atoms with Crippen LogP contribution in [0.4, 0.5) is 5.69 Å². The van der Waals surface area contributed by atoms with Gasteiger partial charge in [-0.2, -0.15) is 0 Å². The first-order valence-corrected chi connectivity index (χ1v) is 11.3. The highest BCUT2D eigenvalue weighted by Crippen LogP contribution is 2.46. The number of hydrogen-bond donors (Lipinski definition) is 4. The Bertz CT molecular complexity index is 1730. The minimum atomic E-state index is -0.787. The molecule has 6 nitrogen and oxygen atoms in total. The van der Waals surface area contributed by atoms with E-state index in [1.54, 1.807) is 42.5 Å². The Kier molecular flexibility index (Phi) is 4.76. The molecule has 1 aliphatic rings. The summed E-state index contributed by atoms with van der Waals surface area (Å²) < 4.78 is 0. The van der Waals surface area contributed by atoms with Crippen molar-refractivity contribution in [1.82, 2.24) is 0 Å². The standard InChI is InChI=1S/C30H19NO5/c32-26-22-10-4-3-9-20(22)21-13-12-17(14-23(21)26)31-30(36)25-15-24(27(33)29(35)28(25)34)19-11-5-7-16-6-1-2-8-18(16)19/h1-15,33-35H,(H,31,36).